The summed E-state index contributed by atoms with van der Waals surface area (Å²) in [5, 5.41) is 8.52. The Morgan fingerprint density at radius 1 is 1.67 bits per heavy atom. The Hall–Kier alpha value is -1.32. The number of halogens is 1. The molecule has 0 aliphatic rings. The minimum absolute atomic E-state index is 0.602. The second-order valence-electron chi connectivity index (χ2n) is 1.53. The highest BCUT2D eigenvalue weighted by atomic mass is 19.1. The Balaban J connectivity index is 3.34. The Morgan fingerprint density at radius 2 is 2.33 bits per heavy atom. The second-order valence-corrected chi connectivity index (χ2v) is 1.53. The summed E-state index contributed by atoms with van der Waals surface area (Å²) < 4.78 is 12.0. The van der Waals surface area contributed by atoms with E-state index in [2.05, 4.69) is 0 Å². The van der Waals surface area contributed by atoms with Crippen molar-refractivity contribution in [3.8, 4) is 5.75 Å². The first-order valence-corrected chi connectivity index (χ1v) is 2.27. The van der Waals surface area contributed by atoms with Crippen molar-refractivity contribution in [3.05, 3.63) is 28.4 Å². The molecule has 1 aromatic heterocycles. The molecule has 0 unspecified atom stereocenters. The summed E-state index contributed by atoms with van der Waals surface area (Å²) in [4.78, 5) is 12.3. The predicted molar refractivity (Wildman–Crippen MR) is 28.7 cm³/mol. The summed E-state index contributed by atoms with van der Waals surface area (Å²) in [6.45, 7) is 0. The lowest BCUT2D eigenvalue weighted by Gasteiger charge is -1.87. The predicted octanol–water partition coefficient (Wildman–Crippen LogP) is 0.220. The normalized spacial score (nSPS) is 9.44. The van der Waals surface area contributed by atoms with Crippen LogP contribution in [-0.4, -0.2) is 10.1 Å². The number of rotatable bonds is 0. The summed E-state index contributed by atoms with van der Waals surface area (Å²) in [6.07, 6.45) is 0.877. The van der Waals surface area contributed by atoms with Crippen molar-refractivity contribution in [2.24, 2.45) is 0 Å². The lowest BCUT2D eigenvalue weighted by atomic mass is 10.4. The van der Waals surface area contributed by atoms with Gasteiger partial charge < -0.3 is 10.1 Å². The van der Waals surface area contributed by atoms with E-state index >= 15 is 0 Å². The third-order valence-corrected chi connectivity index (χ3v) is 0.848. The number of aromatic amines is 1. The molecular weight excluding hydrogens is 125 g/mol. The Morgan fingerprint density at radius 3 is 2.78 bits per heavy atom. The van der Waals surface area contributed by atoms with E-state index in [4.69, 9.17) is 5.11 Å². The van der Waals surface area contributed by atoms with Crippen LogP contribution in [0.25, 0.3) is 0 Å². The zero-order chi connectivity index (χ0) is 6.85. The zero-order valence-electron chi connectivity index (χ0n) is 4.39. The van der Waals surface area contributed by atoms with Crippen LogP contribution in [0.15, 0.2) is 17.1 Å². The molecule has 0 aliphatic heterocycles. The van der Waals surface area contributed by atoms with Crippen LogP contribution in [0.4, 0.5) is 4.39 Å². The van der Waals surface area contributed by atoms with Gasteiger partial charge in [-0.15, -0.1) is 0 Å². The van der Waals surface area contributed by atoms with E-state index < -0.39 is 17.1 Å². The van der Waals surface area contributed by atoms with Crippen LogP contribution in [0.1, 0.15) is 0 Å². The van der Waals surface area contributed by atoms with Crippen LogP contribution < -0.4 is 5.56 Å². The van der Waals surface area contributed by atoms with Crippen molar-refractivity contribution in [3.63, 3.8) is 0 Å². The Kier molecular flexibility index (Phi) is 1.22. The Labute approximate surface area is 49.8 Å². The number of pyridine rings is 1. The van der Waals surface area contributed by atoms with Crippen molar-refractivity contribution in [1.82, 2.24) is 4.98 Å². The van der Waals surface area contributed by atoms with Gasteiger partial charge in [0, 0.05) is 12.3 Å². The van der Waals surface area contributed by atoms with Crippen molar-refractivity contribution < 1.29 is 9.50 Å². The molecule has 1 heterocycles. The molecule has 0 bridgehead atoms. The largest absolute Gasteiger partial charge is 0.503 e. The van der Waals surface area contributed by atoms with Gasteiger partial charge >= 0.3 is 0 Å². The quantitative estimate of drug-likeness (QED) is 0.526. The van der Waals surface area contributed by atoms with E-state index in [0.29, 0.717) is 0 Å². The van der Waals surface area contributed by atoms with Gasteiger partial charge in [0.15, 0.2) is 5.75 Å². The maximum Gasteiger partial charge on any atom is 0.290 e. The first kappa shape index (κ1) is 5.81. The smallest absolute Gasteiger partial charge is 0.290 e. The summed E-state index contributed by atoms with van der Waals surface area (Å²) in [6, 6.07) is 0.749. The van der Waals surface area contributed by atoms with Crippen LogP contribution >= 0.6 is 0 Å². The van der Waals surface area contributed by atoms with Crippen LogP contribution in [-0.2, 0) is 0 Å². The molecule has 0 aliphatic carbocycles. The van der Waals surface area contributed by atoms with Gasteiger partial charge in [-0.25, -0.2) is 4.39 Å². The molecule has 0 spiro atoms. The van der Waals surface area contributed by atoms with Crippen LogP contribution in [0.3, 0.4) is 0 Å². The van der Waals surface area contributed by atoms with Gasteiger partial charge in [0.2, 0.25) is 0 Å². The average Bonchev–Trinajstić information content (AvgIpc) is 1.80. The van der Waals surface area contributed by atoms with E-state index in [1.54, 1.807) is 0 Å². The molecule has 0 atom stereocenters. The van der Waals surface area contributed by atoms with E-state index in [1.807, 2.05) is 4.98 Å². The molecule has 0 radical (unpaired) electrons. The minimum Gasteiger partial charge on any atom is -0.503 e. The minimum atomic E-state index is -0.684. The fraction of sp³-hybridized carbons (Fsp3) is 0. The van der Waals surface area contributed by atoms with Crippen LogP contribution in [0.2, 0.25) is 0 Å². The fourth-order valence-corrected chi connectivity index (χ4v) is 0.446. The lowest BCUT2D eigenvalue weighted by molar-refractivity contribution is 0.459. The molecule has 0 saturated heterocycles. The maximum absolute atomic E-state index is 12.0. The summed E-state index contributed by atoms with van der Waals surface area (Å²) >= 11 is 0. The zero-order valence-corrected chi connectivity index (χ0v) is 4.39. The SMILES string of the molecule is O=c1[nH]cc(F)cc1O. The highest BCUT2D eigenvalue weighted by molar-refractivity contribution is 5.14. The Bertz CT molecular complexity index is 268. The van der Waals surface area contributed by atoms with Crippen LogP contribution in [0, 0.1) is 5.82 Å². The molecule has 1 aromatic rings. The second kappa shape index (κ2) is 1.89. The molecule has 3 nitrogen and oxygen atoms in total. The molecule has 48 valence electrons. The monoisotopic (exact) mass is 129 g/mol. The number of hydrogen-bond donors (Lipinski definition) is 2. The molecule has 1 rings (SSSR count). The highest BCUT2D eigenvalue weighted by Crippen LogP contribution is 1.99. The van der Waals surface area contributed by atoms with Crippen molar-refractivity contribution in [1.29, 1.82) is 0 Å². The first-order chi connectivity index (χ1) is 4.20. The van der Waals surface area contributed by atoms with Crippen molar-refractivity contribution in [2.75, 3.05) is 0 Å². The molecule has 2 N–H and O–H groups in total. The first-order valence-electron chi connectivity index (χ1n) is 2.27. The number of aromatic hydroxyl groups is 1. The standard InChI is InChI=1S/C5H4FNO2/c6-3-1-4(8)5(9)7-2-3/h1-2,8H,(H,7,9). The number of hydrogen-bond acceptors (Lipinski definition) is 2. The van der Waals surface area contributed by atoms with E-state index in [1.165, 1.54) is 0 Å². The molecule has 4 heteroatoms. The number of H-pyrrole nitrogens is 1. The van der Waals surface area contributed by atoms with Gasteiger partial charge in [0.1, 0.15) is 5.82 Å². The summed E-state index contributed by atoms with van der Waals surface area (Å²) in [5.41, 5.74) is -0.684. The van der Waals surface area contributed by atoms with Gasteiger partial charge in [-0.05, 0) is 0 Å². The summed E-state index contributed by atoms with van der Waals surface area (Å²) in [7, 11) is 0. The maximum atomic E-state index is 12.0. The van der Waals surface area contributed by atoms with Crippen LogP contribution in [0.5, 0.6) is 5.75 Å². The molecular formula is C5H4FNO2. The number of nitrogens with one attached hydrogen (secondary N) is 1. The molecule has 0 amide bonds. The van der Waals surface area contributed by atoms with Gasteiger partial charge in [-0.2, -0.15) is 0 Å². The van der Waals surface area contributed by atoms with E-state index in [-0.39, 0.29) is 0 Å². The summed E-state index contributed by atoms with van der Waals surface area (Å²) in [5.74, 6) is -1.26. The third kappa shape index (κ3) is 1.07. The van der Waals surface area contributed by atoms with Gasteiger partial charge in [-0.1, -0.05) is 0 Å². The molecule has 0 saturated carbocycles. The fourth-order valence-electron chi connectivity index (χ4n) is 0.446. The topological polar surface area (TPSA) is 53.1 Å². The van der Waals surface area contributed by atoms with E-state index in [9.17, 15) is 9.18 Å². The molecule has 0 aromatic carbocycles. The van der Waals surface area contributed by atoms with E-state index in [0.717, 1.165) is 12.3 Å². The van der Waals surface area contributed by atoms with Gasteiger partial charge in [-0.3, -0.25) is 4.79 Å². The third-order valence-electron chi connectivity index (χ3n) is 0.848. The molecule has 0 fully saturated rings. The number of aromatic nitrogens is 1. The highest BCUT2D eigenvalue weighted by Gasteiger charge is 1.95. The van der Waals surface area contributed by atoms with Gasteiger partial charge in [0.05, 0.1) is 0 Å². The average molecular weight is 129 g/mol. The van der Waals surface area contributed by atoms with Gasteiger partial charge in [0.25, 0.3) is 5.56 Å². The van der Waals surface area contributed by atoms with Crippen molar-refractivity contribution in [2.45, 2.75) is 0 Å². The lowest BCUT2D eigenvalue weighted by Crippen LogP contribution is -2.03. The van der Waals surface area contributed by atoms with Crippen molar-refractivity contribution >= 4 is 0 Å². The molecule has 9 heavy (non-hydrogen) atoms.